The summed E-state index contributed by atoms with van der Waals surface area (Å²) in [5.41, 5.74) is 0.492. The Morgan fingerprint density at radius 2 is 1.55 bits per heavy atom. The lowest BCUT2D eigenvalue weighted by Gasteiger charge is -2.33. The number of hydrogen-bond acceptors (Lipinski definition) is 4. The normalized spacial score (nSPS) is 25.5. The molecule has 1 saturated heterocycles. The molecule has 0 saturated carbocycles. The fourth-order valence-electron chi connectivity index (χ4n) is 4.89. The number of carbonyl (C=O) groups excluding carboxylic acids is 3. The van der Waals surface area contributed by atoms with E-state index in [4.69, 9.17) is 0 Å². The van der Waals surface area contributed by atoms with Crippen LogP contribution in [0.25, 0.3) is 0 Å². The molecule has 2 unspecified atom stereocenters. The molecule has 0 spiro atoms. The third kappa shape index (κ3) is 2.30. The zero-order chi connectivity index (χ0) is 20.3. The van der Waals surface area contributed by atoms with Gasteiger partial charge in [-0.25, -0.2) is 4.79 Å². The van der Waals surface area contributed by atoms with Gasteiger partial charge >= 0.3 is 5.97 Å². The van der Waals surface area contributed by atoms with E-state index in [1.807, 2.05) is 24.3 Å². The maximum atomic E-state index is 13.0. The van der Waals surface area contributed by atoms with E-state index in [9.17, 15) is 24.3 Å². The number of fused-ring (bicyclic) bond motifs is 4. The van der Waals surface area contributed by atoms with Crippen LogP contribution in [0.2, 0.25) is 0 Å². The Hall–Kier alpha value is -3.48. The molecule has 2 atom stereocenters. The molecule has 146 valence electrons. The molecule has 0 aliphatic carbocycles. The van der Waals surface area contributed by atoms with E-state index in [2.05, 4.69) is 0 Å². The van der Waals surface area contributed by atoms with Gasteiger partial charge in [0.15, 0.2) is 5.54 Å². The Kier molecular flexibility index (Phi) is 3.65. The molecule has 2 aromatic rings. The minimum absolute atomic E-state index is 0.0173. The summed E-state index contributed by atoms with van der Waals surface area (Å²) >= 11 is 0. The summed E-state index contributed by atoms with van der Waals surface area (Å²) < 4.78 is 0. The second kappa shape index (κ2) is 6.01. The van der Waals surface area contributed by atoms with Crippen molar-refractivity contribution in [1.82, 2.24) is 9.80 Å². The minimum Gasteiger partial charge on any atom is -0.479 e. The molecule has 3 aliphatic heterocycles. The van der Waals surface area contributed by atoms with Gasteiger partial charge in [-0.15, -0.1) is 0 Å². The summed E-state index contributed by atoms with van der Waals surface area (Å²) in [6, 6.07) is 13.4. The SMILES string of the molecule is O=C1CCc2ccccc2C2CC(C(=O)O)(N3C(=O)c4ccccc4C3=O)CN12. The van der Waals surface area contributed by atoms with Crippen molar-refractivity contribution in [2.45, 2.75) is 30.8 Å². The third-order valence-electron chi connectivity index (χ3n) is 6.30. The molecule has 3 amide bonds. The Labute approximate surface area is 166 Å². The Morgan fingerprint density at radius 1 is 0.931 bits per heavy atom. The van der Waals surface area contributed by atoms with Crippen molar-refractivity contribution in [3.05, 3.63) is 70.8 Å². The lowest BCUT2D eigenvalue weighted by atomic mass is 9.89. The maximum Gasteiger partial charge on any atom is 0.332 e. The minimum atomic E-state index is -1.79. The van der Waals surface area contributed by atoms with Crippen LogP contribution in [-0.4, -0.2) is 50.7 Å². The molecule has 7 nitrogen and oxygen atoms in total. The van der Waals surface area contributed by atoms with Crippen LogP contribution in [0, 0.1) is 0 Å². The number of aryl methyl sites for hydroxylation is 1. The van der Waals surface area contributed by atoms with E-state index in [-0.39, 0.29) is 36.4 Å². The average molecular weight is 390 g/mol. The number of imide groups is 1. The molecule has 7 heteroatoms. The zero-order valence-corrected chi connectivity index (χ0v) is 15.5. The van der Waals surface area contributed by atoms with E-state index in [1.165, 1.54) is 17.0 Å². The van der Waals surface area contributed by atoms with Gasteiger partial charge in [-0.1, -0.05) is 36.4 Å². The maximum absolute atomic E-state index is 13.0. The first kappa shape index (κ1) is 17.6. The summed E-state index contributed by atoms with van der Waals surface area (Å²) in [7, 11) is 0. The highest BCUT2D eigenvalue weighted by atomic mass is 16.4. The predicted molar refractivity (Wildman–Crippen MR) is 101 cm³/mol. The molecule has 29 heavy (non-hydrogen) atoms. The van der Waals surface area contributed by atoms with Crippen LogP contribution < -0.4 is 0 Å². The van der Waals surface area contributed by atoms with Gasteiger partial charge in [0.25, 0.3) is 11.8 Å². The molecule has 3 heterocycles. The van der Waals surface area contributed by atoms with Crippen molar-refractivity contribution >= 4 is 23.7 Å². The summed E-state index contributed by atoms with van der Waals surface area (Å²) in [4.78, 5) is 53.8. The van der Waals surface area contributed by atoms with Crippen LogP contribution in [0.15, 0.2) is 48.5 Å². The fourth-order valence-corrected chi connectivity index (χ4v) is 4.89. The lowest BCUT2D eigenvalue weighted by Crippen LogP contribution is -2.59. The zero-order valence-electron chi connectivity index (χ0n) is 15.5. The Morgan fingerprint density at radius 3 is 2.21 bits per heavy atom. The monoisotopic (exact) mass is 390 g/mol. The molecule has 3 aliphatic rings. The highest BCUT2D eigenvalue weighted by molar-refractivity contribution is 6.23. The van der Waals surface area contributed by atoms with Crippen molar-refractivity contribution in [1.29, 1.82) is 0 Å². The Bertz CT molecular complexity index is 1060. The largest absolute Gasteiger partial charge is 0.479 e. The number of nitrogens with zero attached hydrogens (tertiary/aromatic N) is 2. The first-order valence-corrected chi connectivity index (χ1v) is 9.52. The highest BCUT2D eigenvalue weighted by Crippen LogP contribution is 2.46. The first-order valence-electron chi connectivity index (χ1n) is 9.52. The first-order chi connectivity index (χ1) is 13.9. The predicted octanol–water partition coefficient (Wildman–Crippen LogP) is 2.03. The van der Waals surface area contributed by atoms with Crippen LogP contribution in [-0.2, 0) is 16.0 Å². The van der Waals surface area contributed by atoms with Crippen molar-refractivity contribution in [2.24, 2.45) is 0 Å². The summed E-state index contributed by atoms with van der Waals surface area (Å²) in [6.07, 6.45) is 0.844. The number of aliphatic carboxylic acids is 1. The van der Waals surface area contributed by atoms with E-state index >= 15 is 0 Å². The van der Waals surface area contributed by atoms with Crippen molar-refractivity contribution < 1.29 is 24.3 Å². The molecule has 5 rings (SSSR count). The van der Waals surface area contributed by atoms with Crippen LogP contribution in [0.1, 0.15) is 50.7 Å². The Balaban J connectivity index is 1.63. The standard InChI is InChI=1S/C22H18N2O5/c25-18-10-9-13-5-1-2-6-14(13)17-11-22(21(28)29,12-23(17)18)24-19(26)15-7-3-4-8-16(15)20(24)27/h1-8,17H,9-12H2,(H,28,29). The molecule has 1 N–H and O–H groups in total. The van der Waals surface area contributed by atoms with Gasteiger partial charge in [0.1, 0.15) is 0 Å². The van der Waals surface area contributed by atoms with Gasteiger partial charge in [-0.3, -0.25) is 19.3 Å². The topological polar surface area (TPSA) is 95.0 Å². The smallest absolute Gasteiger partial charge is 0.332 e. The van der Waals surface area contributed by atoms with Gasteiger partial charge in [0, 0.05) is 12.8 Å². The van der Waals surface area contributed by atoms with Gasteiger partial charge in [-0.05, 0) is 29.7 Å². The molecule has 0 bridgehead atoms. The van der Waals surface area contributed by atoms with Crippen molar-refractivity contribution in [2.75, 3.05) is 6.54 Å². The molecular weight excluding hydrogens is 372 g/mol. The van der Waals surface area contributed by atoms with E-state index in [1.54, 1.807) is 12.1 Å². The van der Waals surface area contributed by atoms with Crippen LogP contribution in [0.3, 0.4) is 0 Å². The van der Waals surface area contributed by atoms with Gasteiger partial charge in [0.2, 0.25) is 5.91 Å². The average Bonchev–Trinajstić information content (AvgIpc) is 3.20. The van der Waals surface area contributed by atoms with Gasteiger partial charge in [-0.2, -0.15) is 0 Å². The number of hydrogen-bond donors (Lipinski definition) is 1. The number of carbonyl (C=O) groups is 4. The summed E-state index contributed by atoms with van der Waals surface area (Å²) in [6.45, 7) is -0.203. The van der Waals surface area contributed by atoms with Crippen LogP contribution >= 0.6 is 0 Å². The molecule has 0 aromatic heterocycles. The van der Waals surface area contributed by atoms with E-state index in [0.29, 0.717) is 6.42 Å². The second-order valence-corrected chi connectivity index (χ2v) is 7.77. The number of rotatable bonds is 2. The van der Waals surface area contributed by atoms with Crippen LogP contribution in [0.5, 0.6) is 0 Å². The molecular formula is C22H18N2O5. The second-order valence-electron chi connectivity index (χ2n) is 7.77. The van der Waals surface area contributed by atoms with E-state index in [0.717, 1.165) is 16.0 Å². The van der Waals surface area contributed by atoms with Crippen LogP contribution in [0.4, 0.5) is 0 Å². The van der Waals surface area contributed by atoms with Gasteiger partial charge < -0.3 is 10.0 Å². The van der Waals surface area contributed by atoms with Crippen molar-refractivity contribution in [3.8, 4) is 0 Å². The number of amides is 3. The third-order valence-corrected chi connectivity index (χ3v) is 6.30. The fraction of sp³-hybridized carbons (Fsp3) is 0.273. The van der Waals surface area contributed by atoms with E-state index < -0.39 is 29.4 Å². The number of carboxylic acid groups (broad SMARTS) is 1. The quantitative estimate of drug-likeness (QED) is 0.792. The highest BCUT2D eigenvalue weighted by Gasteiger charge is 2.61. The lowest BCUT2D eigenvalue weighted by molar-refractivity contribution is -0.148. The number of carboxylic acids is 1. The van der Waals surface area contributed by atoms with Crippen molar-refractivity contribution in [3.63, 3.8) is 0 Å². The molecule has 1 fully saturated rings. The molecule has 2 aromatic carbocycles. The van der Waals surface area contributed by atoms with Gasteiger partial charge in [0.05, 0.1) is 23.7 Å². The molecule has 0 radical (unpaired) electrons. The number of benzene rings is 2. The summed E-state index contributed by atoms with van der Waals surface area (Å²) in [5.74, 6) is -2.67. The summed E-state index contributed by atoms with van der Waals surface area (Å²) in [5, 5.41) is 10.2.